The summed E-state index contributed by atoms with van der Waals surface area (Å²) in [6, 6.07) is 15.6. The fourth-order valence-electron chi connectivity index (χ4n) is 4.46. The van der Waals surface area contributed by atoms with Crippen LogP contribution in [0.15, 0.2) is 54.7 Å². The van der Waals surface area contributed by atoms with E-state index in [1.54, 1.807) is 0 Å². The van der Waals surface area contributed by atoms with Crippen LogP contribution >= 0.6 is 11.6 Å². The first-order valence-corrected chi connectivity index (χ1v) is 12.9. The van der Waals surface area contributed by atoms with Gasteiger partial charge >= 0.3 is 0 Å². The molecule has 1 saturated heterocycles. The third-order valence-corrected chi connectivity index (χ3v) is 6.32. The van der Waals surface area contributed by atoms with Gasteiger partial charge in [-0.1, -0.05) is 42.3 Å². The third-order valence-electron chi connectivity index (χ3n) is 6.09. The molecule has 1 aromatic heterocycles. The van der Waals surface area contributed by atoms with E-state index in [4.69, 9.17) is 21.3 Å². The van der Waals surface area contributed by atoms with Gasteiger partial charge in [0, 0.05) is 34.9 Å². The highest BCUT2D eigenvalue weighted by Gasteiger charge is 2.16. The molecular formula is C28H35ClN4O2. The lowest BCUT2D eigenvalue weighted by Gasteiger charge is -2.26. The second-order valence-electron chi connectivity index (χ2n) is 9.44. The lowest BCUT2D eigenvalue weighted by Crippen LogP contribution is -2.33. The molecule has 4 rings (SSSR count). The summed E-state index contributed by atoms with van der Waals surface area (Å²) in [5, 5.41) is 3.58. The van der Waals surface area contributed by atoms with Gasteiger partial charge in [-0.2, -0.15) is 0 Å². The second-order valence-corrected chi connectivity index (χ2v) is 9.88. The fourth-order valence-corrected chi connectivity index (χ4v) is 4.65. The molecule has 1 fully saturated rings. The summed E-state index contributed by atoms with van der Waals surface area (Å²) >= 11 is 6.24. The van der Waals surface area contributed by atoms with Gasteiger partial charge in [-0.25, -0.2) is 4.98 Å². The van der Waals surface area contributed by atoms with Crippen LogP contribution in [0.3, 0.4) is 0 Å². The number of piperidine rings is 1. The van der Waals surface area contributed by atoms with E-state index in [9.17, 15) is 4.79 Å². The largest absolute Gasteiger partial charge is 0.494 e. The maximum atomic E-state index is 12.5. The molecule has 6 nitrogen and oxygen atoms in total. The number of imidazole rings is 1. The van der Waals surface area contributed by atoms with Crippen LogP contribution in [0, 0.1) is 0 Å². The highest BCUT2D eigenvalue weighted by atomic mass is 35.5. The minimum atomic E-state index is -0.0574. The Morgan fingerprint density at radius 2 is 1.86 bits per heavy atom. The molecule has 2 aromatic carbocycles. The molecule has 3 aromatic rings. The number of carbonyl (C=O) groups is 1. The molecule has 0 saturated carbocycles. The summed E-state index contributed by atoms with van der Waals surface area (Å²) in [5.41, 5.74) is 2.60. The van der Waals surface area contributed by atoms with Gasteiger partial charge in [-0.05, 0) is 70.5 Å². The van der Waals surface area contributed by atoms with Gasteiger partial charge in [0.25, 0.3) is 0 Å². The first kappa shape index (κ1) is 25.3. The van der Waals surface area contributed by atoms with Gasteiger partial charge in [-0.3, -0.25) is 4.79 Å². The molecule has 1 N–H and O–H groups in total. The lowest BCUT2D eigenvalue weighted by molar-refractivity contribution is -0.122. The zero-order valence-electron chi connectivity index (χ0n) is 20.7. The van der Waals surface area contributed by atoms with E-state index in [1.807, 2.05) is 73.1 Å². The Morgan fingerprint density at radius 1 is 1.09 bits per heavy atom. The van der Waals surface area contributed by atoms with Crippen LogP contribution in [0.4, 0.5) is 0 Å². The number of aromatic nitrogens is 2. The SMILES string of the molecule is CC(C)NC(=O)Cn1cc(-c2cccc(OCCCN3CCCCC3)c2)nc1-c1cccc(Cl)c1. The first-order chi connectivity index (χ1) is 17.0. The zero-order chi connectivity index (χ0) is 24.6. The van der Waals surface area contributed by atoms with Crippen molar-refractivity contribution in [1.29, 1.82) is 0 Å². The van der Waals surface area contributed by atoms with Crippen molar-refractivity contribution in [2.24, 2.45) is 0 Å². The van der Waals surface area contributed by atoms with Gasteiger partial charge in [0.15, 0.2) is 0 Å². The van der Waals surface area contributed by atoms with Crippen molar-refractivity contribution in [3.05, 3.63) is 59.8 Å². The summed E-state index contributed by atoms with van der Waals surface area (Å²) in [7, 11) is 0. The molecule has 0 unspecified atom stereocenters. The van der Waals surface area contributed by atoms with Gasteiger partial charge in [-0.15, -0.1) is 0 Å². The maximum Gasteiger partial charge on any atom is 0.240 e. The van der Waals surface area contributed by atoms with Crippen molar-refractivity contribution >= 4 is 17.5 Å². The van der Waals surface area contributed by atoms with E-state index in [1.165, 1.54) is 32.4 Å². The predicted octanol–water partition coefficient (Wildman–Crippen LogP) is 5.65. The fraction of sp³-hybridized carbons (Fsp3) is 0.429. The quantitative estimate of drug-likeness (QED) is 0.370. The zero-order valence-corrected chi connectivity index (χ0v) is 21.4. The molecule has 2 heterocycles. The van der Waals surface area contributed by atoms with Crippen molar-refractivity contribution in [3.8, 4) is 28.4 Å². The number of nitrogens with zero attached hydrogens (tertiary/aromatic N) is 3. The topological polar surface area (TPSA) is 59.4 Å². The van der Waals surface area contributed by atoms with Crippen LogP contribution in [0.1, 0.15) is 39.5 Å². The van der Waals surface area contributed by atoms with E-state index in [0.29, 0.717) is 17.5 Å². The van der Waals surface area contributed by atoms with Crippen LogP contribution in [0.25, 0.3) is 22.6 Å². The van der Waals surface area contributed by atoms with Crippen molar-refractivity contribution in [2.45, 2.75) is 52.1 Å². The Morgan fingerprint density at radius 3 is 2.63 bits per heavy atom. The number of likely N-dealkylation sites (tertiary alicyclic amines) is 1. The van der Waals surface area contributed by atoms with Gasteiger partial charge in [0.2, 0.25) is 5.91 Å². The van der Waals surface area contributed by atoms with E-state index in [2.05, 4.69) is 10.2 Å². The van der Waals surface area contributed by atoms with E-state index < -0.39 is 0 Å². The Bertz CT molecular complexity index is 1120. The smallest absolute Gasteiger partial charge is 0.240 e. The number of carbonyl (C=O) groups excluding carboxylic acids is 1. The molecule has 7 heteroatoms. The van der Waals surface area contributed by atoms with Crippen LogP contribution in [-0.2, 0) is 11.3 Å². The summed E-state index contributed by atoms with van der Waals surface area (Å²) in [6.07, 6.45) is 6.92. The van der Waals surface area contributed by atoms with Crippen molar-refractivity contribution < 1.29 is 9.53 Å². The minimum absolute atomic E-state index is 0.0574. The standard InChI is InChI=1S/C28H35ClN4O2/c1-21(2)30-27(34)20-33-19-26(31-28(33)23-10-6-11-24(29)17-23)22-9-7-12-25(18-22)35-16-8-15-32-13-4-3-5-14-32/h6-7,9-12,17-19,21H,3-5,8,13-16,20H2,1-2H3,(H,30,34). The summed E-state index contributed by atoms with van der Waals surface area (Å²) < 4.78 is 7.94. The number of rotatable bonds is 10. The molecule has 0 spiro atoms. The monoisotopic (exact) mass is 494 g/mol. The molecule has 186 valence electrons. The average Bonchev–Trinajstić information content (AvgIpc) is 3.26. The number of halogens is 1. The normalized spacial score (nSPS) is 14.3. The summed E-state index contributed by atoms with van der Waals surface area (Å²) in [5.74, 6) is 1.48. The minimum Gasteiger partial charge on any atom is -0.494 e. The summed E-state index contributed by atoms with van der Waals surface area (Å²) in [6.45, 7) is 8.29. The van der Waals surface area contributed by atoms with Gasteiger partial charge < -0.3 is 19.5 Å². The van der Waals surface area contributed by atoms with Crippen LogP contribution < -0.4 is 10.1 Å². The molecule has 0 radical (unpaired) electrons. The third kappa shape index (κ3) is 7.33. The number of ether oxygens (including phenoxy) is 1. The molecule has 35 heavy (non-hydrogen) atoms. The molecule has 1 amide bonds. The molecular weight excluding hydrogens is 460 g/mol. The van der Waals surface area contributed by atoms with E-state index >= 15 is 0 Å². The number of hydrogen-bond acceptors (Lipinski definition) is 4. The lowest BCUT2D eigenvalue weighted by atomic mass is 10.1. The predicted molar refractivity (Wildman–Crippen MR) is 142 cm³/mol. The maximum absolute atomic E-state index is 12.5. The highest BCUT2D eigenvalue weighted by Crippen LogP contribution is 2.28. The molecule has 1 aliphatic rings. The van der Waals surface area contributed by atoms with Crippen LogP contribution in [-0.4, -0.2) is 52.6 Å². The van der Waals surface area contributed by atoms with Gasteiger partial charge in [0.05, 0.1) is 12.3 Å². The Labute approximate surface area is 213 Å². The Kier molecular flexibility index (Phi) is 8.83. The van der Waals surface area contributed by atoms with Crippen LogP contribution in [0.2, 0.25) is 5.02 Å². The number of amides is 1. The van der Waals surface area contributed by atoms with Crippen molar-refractivity contribution in [1.82, 2.24) is 19.8 Å². The first-order valence-electron chi connectivity index (χ1n) is 12.6. The van der Waals surface area contributed by atoms with Gasteiger partial charge in [0.1, 0.15) is 18.1 Å². The van der Waals surface area contributed by atoms with Crippen LogP contribution in [0.5, 0.6) is 5.75 Å². The number of hydrogen-bond donors (Lipinski definition) is 1. The molecule has 0 atom stereocenters. The van der Waals surface area contributed by atoms with E-state index in [0.717, 1.165) is 35.5 Å². The van der Waals surface area contributed by atoms with Crippen molar-refractivity contribution in [2.75, 3.05) is 26.2 Å². The Hall–Kier alpha value is -2.83. The van der Waals surface area contributed by atoms with E-state index in [-0.39, 0.29) is 18.5 Å². The molecule has 0 aliphatic carbocycles. The number of benzene rings is 2. The summed E-state index contributed by atoms with van der Waals surface area (Å²) in [4.78, 5) is 19.9. The number of nitrogens with one attached hydrogen (secondary N) is 1. The average molecular weight is 495 g/mol. The highest BCUT2D eigenvalue weighted by molar-refractivity contribution is 6.30. The Balaban J connectivity index is 1.49. The second kappa shape index (κ2) is 12.2. The molecule has 0 bridgehead atoms. The van der Waals surface area contributed by atoms with Crippen molar-refractivity contribution in [3.63, 3.8) is 0 Å². The molecule has 1 aliphatic heterocycles.